The number of rotatable bonds is 3. The zero-order valence-electron chi connectivity index (χ0n) is 13.6. The molecule has 0 unspecified atom stereocenters. The predicted octanol–water partition coefficient (Wildman–Crippen LogP) is 3.07. The van der Waals surface area contributed by atoms with E-state index in [1.54, 1.807) is 6.07 Å². The van der Waals surface area contributed by atoms with Crippen molar-refractivity contribution < 1.29 is 23.0 Å². The van der Waals surface area contributed by atoms with E-state index in [2.05, 4.69) is 5.32 Å². The molecule has 0 aromatic heterocycles. The summed E-state index contributed by atoms with van der Waals surface area (Å²) in [5.41, 5.74) is 0.693. The highest BCUT2D eigenvalue weighted by molar-refractivity contribution is 5.22. The van der Waals surface area contributed by atoms with Gasteiger partial charge in [0.15, 0.2) is 17.4 Å². The zero-order valence-corrected chi connectivity index (χ0v) is 13.6. The number of hydrogen-bond donors (Lipinski definition) is 1. The molecular weight excluding hydrogens is 316 g/mol. The first-order valence-corrected chi connectivity index (χ1v) is 8.76. The molecule has 3 fully saturated rings. The molecular formula is C18H23F2NO3. The van der Waals surface area contributed by atoms with Crippen molar-refractivity contribution in [3.8, 4) is 0 Å². The Kier molecular flexibility index (Phi) is 4.56. The highest BCUT2D eigenvalue weighted by Crippen LogP contribution is 2.37. The quantitative estimate of drug-likeness (QED) is 0.919. The van der Waals surface area contributed by atoms with E-state index in [0.717, 1.165) is 32.1 Å². The van der Waals surface area contributed by atoms with Crippen LogP contribution in [0.15, 0.2) is 18.2 Å². The molecule has 3 aliphatic rings. The first-order valence-electron chi connectivity index (χ1n) is 8.76. The topological polar surface area (TPSA) is 39.7 Å². The van der Waals surface area contributed by atoms with Crippen molar-refractivity contribution in [1.82, 2.24) is 5.32 Å². The second-order valence-electron chi connectivity index (χ2n) is 6.91. The summed E-state index contributed by atoms with van der Waals surface area (Å²) in [5, 5.41) is 3.65. The van der Waals surface area contributed by atoms with Gasteiger partial charge in [-0.2, -0.15) is 0 Å². The number of benzene rings is 1. The Bertz CT molecular complexity index is 582. The summed E-state index contributed by atoms with van der Waals surface area (Å²) < 4.78 is 44.0. The molecule has 4 rings (SSSR count). The first kappa shape index (κ1) is 16.4. The van der Waals surface area contributed by atoms with Crippen LogP contribution in [0.1, 0.15) is 43.8 Å². The molecule has 0 amide bonds. The Morgan fingerprint density at radius 2 is 1.71 bits per heavy atom. The molecule has 2 aliphatic heterocycles. The van der Waals surface area contributed by atoms with E-state index in [4.69, 9.17) is 14.2 Å². The van der Waals surface area contributed by atoms with Crippen molar-refractivity contribution in [3.05, 3.63) is 35.4 Å². The molecule has 1 aliphatic carbocycles. The van der Waals surface area contributed by atoms with Crippen molar-refractivity contribution in [3.63, 3.8) is 0 Å². The van der Waals surface area contributed by atoms with Crippen LogP contribution in [0, 0.1) is 11.6 Å². The summed E-state index contributed by atoms with van der Waals surface area (Å²) in [6.07, 6.45) is 4.41. The highest BCUT2D eigenvalue weighted by Gasteiger charge is 2.41. The van der Waals surface area contributed by atoms with E-state index in [0.29, 0.717) is 31.4 Å². The Labute approximate surface area is 140 Å². The maximum Gasteiger partial charge on any atom is 0.168 e. The van der Waals surface area contributed by atoms with Crippen molar-refractivity contribution in [2.24, 2.45) is 0 Å². The highest BCUT2D eigenvalue weighted by atomic mass is 19.2. The van der Waals surface area contributed by atoms with Crippen LogP contribution in [0.25, 0.3) is 0 Å². The maximum atomic E-state index is 13.5. The Morgan fingerprint density at radius 1 is 0.958 bits per heavy atom. The van der Waals surface area contributed by atoms with Gasteiger partial charge in [0.2, 0.25) is 0 Å². The molecule has 24 heavy (non-hydrogen) atoms. The van der Waals surface area contributed by atoms with Crippen LogP contribution in [0.2, 0.25) is 0 Å². The first-order chi connectivity index (χ1) is 11.7. The SMILES string of the molecule is Fc1ccc([C@H]2OCC[C@@H]2NC2CCC3(CC2)OCCO3)cc1F. The van der Waals surface area contributed by atoms with Crippen LogP contribution in [-0.2, 0) is 14.2 Å². The van der Waals surface area contributed by atoms with E-state index in [9.17, 15) is 8.78 Å². The van der Waals surface area contributed by atoms with E-state index in [1.165, 1.54) is 12.1 Å². The fraction of sp³-hybridized carbons (Fsp3) is 0.667. The summed E-state index contributed by atoms with van der Waals surface area (Å²) in [6, 6.07) is 4.53. The summed E-state index contributed by atoms with van der Waals surface area (Å²) in [5.74, 6) is -2.00. The third kappa shape index (κ3) is 3.20. The second kappa shape index (κ2) is 6.67. The van der Waals surface area contributed by atoms with Crippen LogP contribution in [-0.4, -0.2) is 37.7 Å². The minimum atomic E-state index is -0.824. The van der Waals surface area contributed by atoms with Crippen molar-refractivity contribution in [2.45, 2.75) is 56.1 Å². The smallest absolute Gasteiger partial charge is 0.168 e. The lowest BCUT2D eigenvalue weighted by molar-refractivity contribution is -0.179. The lowest BCUT2D eigenvalue weighted by Crippen LogP contribution is -2.46. The minimum absolute atomic E-state index is 0.124. The van der Waals surface area contributed by atoms with Gasteiger partial charge in [0.05, 0.1) is 19.3 Å². The van der Waals surface area contributed by atoms with Crippen LogP contribution in [0.4, 0.5) is 8.78 Å². The van der Waals surface area contributed by atoms with Crippen LogP contribution >= 0.6 is 0 Å². The van der Waals surface area contributed by atoms with Gasteiger partial charge in [-0.05, 0) is 37.0 Å². The van der Waals surface area contributed by atoms with E-state index in [-0.39, 0.29) is 17.9 Å². The molecule has 6 heteroatoms. The maximum absolute atomic E-state index is 13.5. The summed E-state index contributed by atoms with van der Waals surface area (Å²) in [4.78, 5) is 0. The van der Waals surface area contributed by atoms with E-state index >= 15 is 0 Å². The summed E-state index contributed by atoms with van der Waals surface area (Å²) in [6.45, 7) is 2.00. The lowest BCUT2D eigenvalue weighted by Gasteiger charge is -2.37. The molecule has 1 N–H and O–H groups in total. The third-order valence-corrected chi connectivity index (χ3v) is 5.37. The average Bonchev–Trinajstić information content (AvgIpc) is 3.22. The molecule has 1 aromatic carbocycles. The van der Waals surface area contributed by atoms with Crippen molar-refractivity contribution in [1.29, 1.82) is 0 Å². The van der Waals surface area contributed by atoms with E-state index < -0.39 is 11.6 Å². The van der Waals surface area contributed by atoms with Gasteiger partial charge in [-0.1, -0.05) is 6.07 Å². The average molecular weight is 339 g/mol. The molecule has 2 saturated heterocycles. The Balaban J connectivity index is 1.38. The molecule has 132 valence electrons. The van der Waals surface area contributed by atoms with Gasteiger partial charge in [-0.15, -0.1) is 0 Å². The molecule has 2 heterocycles. The largest absolute Gasteiger partial charge is 0.372 e. The number of nitrogens with one attached hydrogen (secondary N) is 1. The monoisotopic (exact) mass is 339 g/mol. The Morgan fingerprint density at radius 3 is 2.42 bits per heavy atom. The molecule has 2 atom stereocenters. The van der Waals surface area contributed by atoms with Gasteiger partial charge in [0, 0.05) is 31.5 Å². The third-order valence-electron chi connectivity index (χ3n) is 5.37. The normalized spacial score (nSPS) is 30.2. The number of halogens is 2. The Hall–Kier alpha value is -1.08. The van der Waals surface area contributed by atoms with Crippen LogP contribution in [0.5, 0.6) is 0 Å². The van der Waals surface area contributed by atoms with Gasteiger partial charge in [-0.3, -0.25) is 0 Å². The van der Waals surface area contributed by atoms with Gasteiger partial charge < -0.3 is 19.5 Å². The van der Waals surface area contributed by atoms with Crippen LogP contribution < -0.4 is 5.32 Å². The zero-order chi connectivity index (χ0) is 16.6. The predicted molar refractivity (Wildman–Crippen MR) is 83.5 cm³/mol. The number of hydrogen-bond acceptors (Lipinski definition) is 4. The van der Waals surface area contributed by atoms with Crippen molar-refractivity contribution >= 4 is 0 Å². The molecule has 1 spiro atoms. The lowest BCUT2D eigenvalue weighted by atomic mass is 9.89. The van der Waals surface area contributed by atoms with E-state index in [1.807, 2.05) is 0 Å². The molecule has 0 bridgehead atoms. The van der Waals surface area contributed by atoms with Crippen molar-refractivity contribution in [2.75, 3.05) is 19.8 Å². The van der Waals surface area contributed by atoms with Crippen LogP contribution in [0.3, 0.4) is 0 Å². The van der Waals surface area contributed by atoms with Gasteiger partial charge in [-0.25, -0.2) is 8.78 Å². The minimum Gasteiger partial charge on any atom is -0.372 e. The molecule has 1 saturated carbocycles. The van der Waals surface area contributed by atoms with Gasteiger partial charge in [0.25, 0.3) is 0 Å². The molecule has 4 nitrogen and oxygen atoms in total. The fourth-order valence-corrected chi connectivity index (χ4v) is 4.09. The summed E-state index contributed by atoms with van der Waals surface area (Å²) >= 11 is 0. The van der Waals surface area contributed by atoms with Gasteiger partial charge >= 0.3 is 0 Å². The second-order valence-corrected chi connectivity index (χ2v) is 6.91. The fourth-order valence-electron chi connectivity index (χ4n) is 4.09. The summed E-state index contributed by atoms with van der Waals surface area (Å²) in [7, 11) is 0. The van der Waals surface area contributed by atoms with Gasteiger partial charge in [0.1, 0.15) is 0 Å². The molecule has 0 radical (unpaired) electrons. The number of ether oxygens (including phenoxy) is 3. The molecule has 1 aromatic rings. The standard InChI is InChI=1S/C18H23F2NO3/c19-14-2-1-12(11-15(14)20)17-16(5-8-22-17)21-13-3-6-18(7-4-13)23-9-10-24-18/h1-2,11,13,16-17,21H,3-10H2/t16-,17+/m0/s1.